The third-order valence-electron chi connectivity index (χ3n) is 2.82. The maximum Gasteiger partial charge on any atom is 0.258 e. The van der Waals surface area contributed by atoms with Crippen molar-refractivity contribution in [2.24, 2.45) is 0 Å². The smallest absolute Gasteiger partial charge is 0.258 e. The van der Waals surface area contributed by atoms with Gasteiger partial charge in [-0.15, -0.1) is 0 Å². The number of rotatable bonds is 2. The molecule has 0 aliphatic carbocycles. The minimum absolute atomic E-state index is 0.0689. The lowest BCUT2D eigenvalue weighted by molar-refractivity contribution is 0.432. The first kappa shape index (κ1) is 13.7. The number of nitrogens with zero attached hydrogens (tertiary/aromatic N) is 2. The summed E-state index contributed by atoms with van der Waals surface area (Å²) >= 11 is 2.97. The molecule has 21 heavy (non-hydrogen) atoms. The van der Waals surface area contributed by atoms with E-state index in [1.165, 1.54) is 18.2 Å². The standard InChI is InChI=1S/C14H7BrF2N2O2/c15-11-9(5-6-10(16)12(11)17)13-18-14(21-19-13)7-1-3-8(20)4-2-7/h1-6,20H. The molecule has 3 aromatic rings. The number of aromatic hydroxyl groups is 1. The average Bonchev–Trinajstić information content (AvgIpc) is 2.95. The van der Waals surface area contributed by atoms with Gasteiger partial charge in [0.15, 0.2) is 11.6 Å². The lowest BCUT2D eigenvalue weighted by Gasteiger charge is -2.01. The Labute approximate surface area is 126 Å². The van der Waals surface area contributed by atoms with Crippen LogP contribution in [0.25, 0.3) is 22.8 Å². The molecule has 0 aliphatic heterocycles. The number of hydrogen-bond acceptors (Lipinski definition) is 4. The fraction of sp³-hybridized carbons (Fsp3) is 0. The van der Waals surface area contributed by atoms with E-state index in [4.69, 9.17) is 4.52 Å². The normalized spacial score (nSPS) is 10.8. The molecule has 106 valence electrons. The molecule has 2 aromatic carbocycles. The van der Waals surface area contributed by atoms with Crippen LogP contribution in [0.2, 0.25) is 0 Å². The largest absolute Gasteiger partial charge is 0.508 e. The summed E-state index contributed by atoms with van der Waals surface area (Å²) < 4.78 is 31.6. The third-order valence-corrected chi connectivity index (χ3v) is 3.59. The van der Waals surface area contributed by atoms with Gasteiger partial charge in [-0.2, -0.15) is 4.98 Å². The maximum atomic E-state index is 13.5. The molecule has 1 N–H and O–H groups in total. The molecule has 4 nitrogen and oxygen atoms in total. The lowest BCUT2D eigenvalue weighted by Crippen LogP contribution is -1.90. The van der Waals surface area contributed by atoms with Crippen molar-refractivity contribution in [3.05, 3.63) is 52.5 Å². The van der Waals surface area contributed by atoms with Gasteiger partial charge < -0.3 is 9.63 Å². The van der Waals surface area contributed by atoms with Gasteiger partial charge in [-0.1, -0.05) is 5.16 Å². The number of halogens is 3. The molecule has 0 fully saturated rings. The van der Waals surface area contributed by atoms with Crippen molar-refractivity contribution in [3.8, 4) is 28.6 Å². The summed E-state index contributed by atoms with van der Waals surface area (Å²) in [5.74, 6) is -1.52. The summed E-state index contributed by atoms with van der Waals surface area (Å²) in [4.78, 5) is 4.13. The van der Waals surface area contributed by atoms with E-state index in [-0.39, 0.29) is 27.5 Å². The highest BCUT2D eigenvalue weighted by atomic mass is 79.9. The molecule has 1 aromatic heterocycles. The van der Waals surface area contributed by atoms with E-state index in [1.54, 1.807) is 12.1 Å². The van der Waals surface area contributed by atoms with Crippen LogP contribution in [0, 0.1) is 11.6 Å². The van der Waals surface area contributed by atoms with Crippen molar-refractivity contribution in [3.63, 3.8) is 0 Å². The number of benzene rings is 2. The van der Waals surface area contributed by atoms with Crippen molar-refractivity contribution in [2.45, 2.75) is 0 Å². The first-order valence-electron chi connectivity index (χ1n) is 5.83. The summed E-state index contributed by atoms with van der Waals surface area (Å²) in [7, 11) is 0. The van der Waals surface area contributed by atoms with Gasteiger partial charge in [0.2, 0.25) is 5.82 Å². The van der Waals surface area contributed by atoms with Gasteiger partial charge in [0, 0.05) is 11.1 Å². The fourth-order valence-corrected chi connectivity index (χ4v) is 2.25. The SMILES string of the molecule is Oc1ccc(-c2nc(-c3ccc(F)c(F)c3Br)no2)cc1. The molecule has 0 atom stereocenters. The highest BCUT2D eigenvalue weighted by Crippen LogP contribution is 2.31. The van der Waals surface area contributed by atoms with Crippen LogP contribution in [-0.2, 0) is 0 Å². The molecule has 0 saturated carbocycles. The van der Waals surface area contributed by atoms with E-state index in [0.717, 1.165) is 6.07 Å². The van der Waals surface area contributed by atoms with Crippen LogP contribution in [0.15, 0.2) is 45.4 Å². The predicted octanol–water partition coefficient (Wildman–Crippen LogP) is 4.15. The lowest BCUT2D eigenvalue weighted by atomic mass is 10.2. The summed E-state index contributed by atoms with van der Waals surface area (Å²) in [6.07, 6.45) is 0. The molecule has 1 heterocycles. The van der Waals surface area contributed by atoms with Crippen LogP contribution in [0.1, 0.15) is 0 Å². The van der Waals surface area contributed by atoms with E-state index in [9.17, 15) is 13.9 Å². The molecule has 0 saturated heterocycles. The van der Waals surface area contributed by atoms with Crippen molar-refractivity contribution in [1.29, 1.82) is 0 Å². The molecule has 3 rings (SSSR count). The van der Waals surface area contributed by atoms with E-state index in [1.807, 2.05) is 0 Å². The van der Waals surface area contributed by atoms with Crippen molar-refractivity contribution >= 4 is 15.9 Å². The number of aromatic nitrogens is 2. The van der Waals surface area contributed by atoms with Gasteiger partial charge >= 0.3 is 0 Å². The van der Waals surface area contributed by atoms with E-state index in [0.29, 0.717) is 5.56 Å². The second kappa shape index (κ2) is 5.25. The van der Waals surface area contributed by atoms with Gasteiger partial charge in [-0.3, -0.25) is 0 Å². The highest BCUT2D eigenvalue weighted by Gasteiger charge is 2.17. The Morgan fingerprint density at radius 1 is 1.05 bits per heavy atom. The van der Waals surface area contributed by atoms with Gasteiger partial charge in [0.05, 0.1) is 4.47 Å². The zero-order valence-corrected chi connectivity index (χ0v) is 11.9. The molecule has 0 amide bonds. The second-order valence-electron chi connectivity index (χ2n) is 4.19. The summed E-state index contributed by atoms with van der Waals surface area (Å²) in [5, 5.41) is 13.0. The quantitative estimate of drug-likeness (QED) is 0.704. The molecular formula is C14H7BrF2N2O2. The summed E-state index contributed by atoms with van der Waals surface area (Å²) in [5.41, 5.74) is 0.882. The van der Waals surface area contributed by atoms with Gasteiger partial charge in [-0.05, 0) is 52.3 Å². The Kier molecular flexibility index (Phi) is 3.42. The van der Waals surface area contributed by atoms with Gasteiger partial charge in [0.1, 0.15) is 5.75 Å². The van der Waals surface area contributed by atoms with Crippen molar-refractivity contribution in [1.82, 2.24) is 10.1 Å². The zero-order chi connectivity index (χ0) is 15.0. The van der Waals surface area contributed by atoms with Gasteiger partial charge in [0.25, 0.3) is 5.89 Å². The van der Waals surface area contributed by atoms with Crippen molar-refractivity contribution in [2.75, 3.05) is 0 Å². The summed E-state index contributed by atoms with van der Waals surface area (Å²) in [6, 6.07) is 8.51. The minimum atomic E-state index is -1.01. The van der Waals surface area contributed by atoms with E-state index < -0.39 is 11.6 Å². The van der Waals surface area contributed by atoms with E-state index >= 15 is 0 Å². The molecule has 7 heteroatoms. The molecule has 0 unspecified atom stereocenters. The first-order chi connectivity index (χ1) is 10.1. The topological polar surface area (TPSA) is 59.2 Å². The molecule has 0 bridgehead atoms. The van der Waals surface area contributed by atoms with E-state index in [2.05, 4.69) is 26.1 Å². The molecule has 0 aliphatic rings. The number of phenolic OH excluding ortho intramolecular Hbond substituents is 1. The van der Waals surface area contributed by atoms with Crippen LogP contribution in [0.5, 0.6) is 5.75 Å². The zero-order valence-electron chi connectivity index (χ0n) is 10.3. The Bertz CT molecular complexity index is 803. The highest BCUT2D eigenvalue weighted by molar-refractivity contribution is 9.10. The van der Waals surface area contributed by atoms with Crippen molar-refractivity contribution < 1.29 is 18.4 Å². The monoisotopic (exact) mass is 352 g/mol. The maximum absolute atomic E-state index is 13.5. The summed E-state index contributed by atoms with van der Waals surface area (Å²) in [6.45, 7) is 0. The van der Waals surface area contributed by atoms with Crippen LogP contribution in [0.3, 0.4) is 0 Å². The minimum Gasteiger partial charge on any atom is -0.508 e. The number of hydrogen-bond donors (Lipinski definition) is 1. The third kappa shape index (κ3) is 2.52. The molecular weight excluding hydrogens is 346 g/mol. The Morgan fingerprint density at radius 2 is 1.76 bits per heavy atom. The first-order valence-corrected chi connectivity index (χ1v) is 6.62. The predicted molar refractivity (Wildman–Crippen MR) is 74.5 cm³/mol. The Hall–Kier alpha value is -2.28. The number of phenols is 1. The van der Waals surface area contributed by atoms with Crippen LogP contribution in [-0.4, -0.2) is 15.2 Å². The average molecular weight is 353 g/mol. The fourth-order valence-electron chi connectivity index (χ4n) is 1.75. The molecule has 0 spiro atoms. The second-order valence-corrected chi connectivity index (χ2v) is 4.99. The molecule has 0 radical (unpaired) electrons. The Balaban J connectivity index is 2.03. The Morgan fingerprint density at radius 3 is 2.48 bits per heavy atom. The van der Waals surface area contributed by atoms with Gasteiger partial charge in [-0.25, -0.2) is 8.78 Å². The van der Waals surface area contributed by atoms with Crippen LogP contribution < -0.4 is 0 Å². The van der Waals surface area contributed by atoms with Crippen LogP contribution >= 0.6 is 15.9 Å². The van der Waals surface area contributed by atoms with Crippen LogP contribution in [0.4, 0.5) is 8.78 Å².